The normalized spacial score (nSPS) is 17.6. The molecule has 0 bridgehead atoms. The van der Waals surface area contributed by atoms with Gasteiger partial charge in [0, 0.05) is 18.1 Å². The van der Waals surface area contributed by atoms with Crippen molar-refractivity contribution in [1.82, 2.24) is 10.2 Å². The van der Waals surface area contributed by atoms with E-state index < -0.39 is 12.0 Å². The molecule has 1 aliphatic heterocycles. The predicted molar refractivity (Wildman–Crippen MR) is 84.7 cm³/mol. The molecule has 0 amide bonds. The average Bonchev–Trinajstić information content (AvgIpc) is 2.48. The fourth-order valence-corrected chi connectivity index (χ4v) is 2.90. The van der Waals surface area contributed by atoms with Gasteiger partial charge in [0.25, 0.3) is 0 Å². The number of rotatable bonds is 6. The number of halogens is 1. The van der Waals surface area contributed by atoms with Gasteiger partial charge in [0.05, 0.1) is 0 Å². The molecule has 21 heavy (non-hydrogen) atoms. The van der Waals surface area contributed by atoms with E-state index in [2.05, 4.69) is 10.2 Å². The van der Waals surface area contributed by atoms with Gasteiger partial charge < -0.3 is 10.0 Å². The van der Waals surface area contributed by atoms with Gasteiger partial charge in [-0.15, -0.1) is 0 Å². The third-order valence-electron chi connectivity index (χ3n) is 4.11. The Balaban J connectivity index is 1.93. The molecular formula is C16H23ClN2O2. The lowest BCUT2D eigenvalue weighted by molar-refractivity contribution is -0.140. The Kier molecular flexibility index (Phi) is 6.03. The average molecular weight is 311 g/mol. The number of nitrogens with one attached hydrogen (secondary N) is 1. The number of hydrogen-bond donors (Lipinski definition) is 2. The molecule has 1 unspecified atom stereocenters. The second kappa shape index (κ2) is 7.78. The van der Waals surface area contributed by atoms with Gasteiger partial charge >= 0.3 is 5.97 Å². The van der Waals surface area contributed by atoms with Gasteiger partial charge in [-0.2, -0.15) is 0 Å². The molecule has 0 radical (unpaired) electrons. The zero-order valence-electron chi connectivity index (χ0n) is 12.4. The topological polar surface area (TPSA) is 52.6 Å². The molecule has 0 spiro atoms. The summed E-state index contributed by atoms with van der Waals surface area (Å²) in [5.74, 6) is -0.791. The highest BCUT2D eigenvalue weighted by molar-refractivity contribution is 6.31. The Morgan fingerprint density at radius 2 is 2.10 bits per heavy atom. The van der Waals surface area contributed by atoms with Crippen LogP contribution in [0.2, 0.25) is 5.02 Å². The summed E-state index contributed by atoms with van der Waals surface area (Å²) in [6.07, 6.45) is 3.59. The molecule has 0 aromatic heterocycles. The second-order valence-corrected chi connectivity index (χ2v) is 6.06. The molecule has 1 fully saturated rings. The van der Waals surface area contributed by atoms with E-state index in [0.29, 0.717) is 13.1 Å². The van der Waals surface area contributed by atoms with Crippen LogP contribution in [0, 0.1) is 6.92 Å². The number of carboxylic acid groups (broad SMARTS) is 1. The maximum Gasteiger partial charge on any atom is 0.322 e. The van der Waals surface area contributed by atoms with Crippen LogP contribution in [-0.2, 0) is 11.3 Å². The smallest absolute Gasteiger partial charge is 0.322 e. The third-order valence-corrected chi connectivity index (χ3v) is 4.52. The minimum Gasteiger partial charge on any atom is -0.480 e. The summed E-state index contributed by atoms with van der Waals surface area (Å²) in [7, 11) is 0. The number of carbonyl (C=O) groups is 1. The van der Waals surface area contributed by atoms with E-state index in [1.54, 1.807) is 0 Å². The van der Waals surface area contributed by atoms with E-state index in [9.17, 15) is 9.90 Å². The molecule has 2 rings (SSSR count). The monoisotopic (exact) mass is 310 g/mol. The van der Waals surface area contributed by atoms with Crippen LogP contribution in [0.5, 0.6) is 0 Å². The first-order valence-electron chi connectivity index (χ1n) is 7.50. The molecular weight excluding hydrogens is 288 g/mol. The minimum absolute atomic E-state index is 0.525. The maximum atomic E-state index is 11.4. The Labute approximate surface area is 131 Å². The number of hydrogen-bond acceptors (Lipinski definition) is 3. The highest BCUT2D eigenvalue weighted by atomic mass is 35.5. The van der Waals surface area contributed by atoms with Crippen LogP contribution in [0.4, 0.5) is 0 Å². The van der Waals surface area contributed by atoms with E-state index in [0.717, 1.165) is 29.2 Å². The Hall–Kier alpha value is -1.10. The molecule has 1 aliphatic rings. The highest BCUT2D eigenvalue weighted by Crippen LogP contribution is 2.18. The molecule has 0 aliphatic carbocycles. The number of piperidine rings is 1. The van der Waals surface area contributed by atoms with Crippen LogP contribution in [0.15, 0.2) is 18.2 Å². The standard InChI is InChI=1S/C16H23ClN2O2/c1-12-13(6-5-7-14(12)17)10-18-15(16(20)21)11-19-8-3-2-4-9-19/h5-7,15,18H,2-4,8-11H2,1H3,(H,20,21). The summed E-state index contributed by atoms with van der Waals surface area (Å²) in [5, 5.41) is 13.3. The van der Waals surface area contributed by atoms with Gasteiger partial charge in [0.15, 0.2) is 0 Å². The SMILES string of the molecule is Cc1c(Cl)cccc1CNC(CN1CCCCC1)C(=O)O. The molecule has 1 saturated heterocycles. The lowest BCUT2D eigenvalue weighted by atomic mass is 10.1. The summed E-state index contributed by atoms with van der Waals surface area (Å²) in [6, 6.07) is 5.19. The van der Waals surface area contributed by atoms with Gasteiger partial charge in [-0.1, -0.05) is 30.2 Å². The third kappa shape index (κ3) is 4.70. The van der Waals surface area contributed by atoms with Crippen LogP contribution in [0.1, 0.15) is 30.4 Å². The fourth-order valence-electron chi connectivity index (χ4n) is 2.71. The Morgan fingerprint density at radius 3 is 2.76 bits per heavy atom. The molecule has 2 N–H and O–H groups in total. The molecule has 1 aromatic rings. The molecule has 1 heterocycles. The van der Waals surface area contributed by atoms with Gasteiger partial charge in [0.1, 0.15) is 6.04 Å². The second-order valence-electron chi connectivity index (χ2n) is 5.66. The first kappa shape index (κ1) is 16.3. The van der Waals surface area contributed by atoms with Gasteiger partial charge in [-0.3, -0.25) is 10.1 Å². The Bertz CT molecular complexity index is 487. The predicted octanol–water partition coefficient (Wildman–Crippen LogP) is 2.68. The van der Waals surface area contributed by atoms with E-state index in [1.165, 1.54) is 19.3 Å². The number of carboxylic acids is 1. The van der Waals surface area contributed by atoms with Crippen molar-refractivity contribution in [2.75, 3.05) is 19.6 Å². The van der Waals surface area contributed by atoms with Crippen molar-refractivity contribution in [3.63, 3.8) is 0 Å². The molecule has 116 valence electrons. The van der Waals surface area contributed by atoms with Crippen molar-refractivity contribution in [1.29, 1.82) is 0 Å². The van der Waals surface area contributed by atoms with Crippen LogP contribution < -0.4 is 5.32 Å². The maximum absolute atomic E-state index is 11.4. The van der Waals surface area contributed by atoms with Crippen LogP contribution >= 0.6 is 11.6 Å². The van der Waals surface area contributed by atoms with Crippen LogP contribution in [0.3, 0.4) is 0 Å². The molecule has 4 nitrogen and oxygen atoms in total. The first-order valence-corrected chi connectivity index (χ1v) is 7.88. The molecule has 0 saturated carbocycles. The van der Waals surface area contributed by atoms with Crippen molar-refractivity contribution < 1.29 is 9.90 Å². The van der Waals surface area contributed by atoms with Gasteiger partial charge in [0.2, 0.25) is 0 Å². The Morgan fingerprint density at radius 1 is 1.38 bits per heavy atom. The number of aliphatic carboxylic acids is 1. The summed E-state index contributed by atoms with van der Waals surface area (Å²) in [5.41, 5.74) is 2.06. The van der Waals surface area contributed by atoms with Gasteiger partial charge in [-0.05, 0) is 50.0 Å². The summed E-state index contributed by atoms with van der Waals surface area (Å²) >= 11 is 6.09. The van der Waals surface area contributed by atoms with Gasteiger partial charge in [-0.25, -0.2) is 0 Å². The van der Waals surface area contributed by atoms with Crippen molar-refractivity contribution in [3.8, 4) is 0 Å². The van der Waals surface area contributed by atoms with E-state index >= 15 is 0 Å². The largest absolute Gasteiger partial charge is 0.480 e. The van der Waals surface area contributed by atoms with Crippen LogP contribution in [-0.4, -0.2) is 41.7 Å². The molecule has 5 heteroatoms. The van der Waals surface area contributed by atoms with Crippen LogP contribution in [0.25, 0.3) is 0 Å². The van der Waals surface area contributed by atoms with E-state index in [4.69, 9.17) is 11.6 Å². The fraction of sp³-hybridized carbons (Fsp3) is 0.562. The zero-order valence-corrected chi connectivity index (χ0v) is 13.2. The summed E-state index contributed by atoms with van der Waals surface area (Å²) in [4.78, 5) is 13.7. The van der Waals surface area contributed by atoms with E-state index in [1.807, 2.05) is 25.1 Å². The lowest BCUT2D eigenvalue weighted by Crippen LogP contribution is -2.47. The number of likely N-dealkylation sites (tertiary alicyclic amines) is 1. The first-order chi connectivity index (χ1) is 10.1. The quantitative estimate of drug-likeness (QED) is 0.848. The van der Waals surface area contributed by atoms with Crippen molar-refractivity contribution >= 4 is 17.6 Å². The minimum atomic E-state index is -0.791. The number of nitrogens with zero attached hydrogens (tertiary/aromatic N) is 1. The van der Waals surface area contributed by atoms with Crippen molar-refractivity contribution in [2.45, 2.75) is 38.8 Å². The zero-order chi connectivity index (χ0) is 15.2. The lowest BCUT2D eigenvalue weighted by Gasteiger charge is -2.29. The van der Waals surface area contributed by atoms with E-state index in [-0.39, 0.29) is 0 Å². The van der Waals surface area contributed by atoms with Crippen molar-refractivity contribution in [3.05, 3.63) is 34.3 Å². The molecule has 1 aromatic carbocycles. The molecule has 1 atom stereocenters. The highest BCUT2D eigenvalue weighted by Gasteiger charge is 2.21. The number of benzene rings is 1. The summed E-state index contributed by atoms with van der Waals surface area (Å²) in [6.45, 7) is 5.05. The van der Waals surface area contributed by atoms with Crippen molar-refractivity contribution in [2.24, 2.45) is 0 Å². The summed E-state index contributed by atoms with van der Waals surface area (Å²) < 4.78 is 0.